The quantitative estimate of drug-likeness (QED) is 0.942. The van der Waals surface area contributed by atoms with E-state index in [9.17, 15) is 4.79 Å². The average molecular weight is 309 g/mol. The molecular weight excluding hydrogens is 286 g/mol. The third-order valence-electron chi connectivity index (χ3n) is 4.24. The molecule has 1 amide bonds. The van der Waals surface area contributed by atoms with Crippen molar-refractivity contribution >= 4 is 11.6 Å². The van der Waals surface area contributed by atoms with Crippen molar-refractivity contribution in [1.29, 1.82) is 0 Å². The number of amides is 1. The summed E-state index contributed by atoms with van der Waals surface area (Å²) in [5.74, 6) is 0.0263. The molecule has 1 N–H and O–H groups in total. The van der Waals surface area contributed by atoms with Crippen molar-refractivity contribution in [3.8, 4) is 0 Å². The van der Waals surface area contributed by atoms with Gasteiger partial charge in [-0.15, -0.1) is 0 Å². The molecule has 0 spiro atoms. The zero-order valence-corrected chi connectivity index (χ0v) is 13.5. The van der Waals surface area contributed by atoms with Crippen LogP contribution in [0, 0.1) is 0 Å². The fourth-order valence-corrected chi connectivity index (χ4v) is 2.89. The van der Waals surface area contributed by atoms with E-state index in [-0.39, 0.29) is 5.91 Å². The van der Waals surface area contributed by atoms with E-state index in [1.165, 1.54) is 5.56 Å². The molecule has 2 aromatic carbocycles. The van der Waals surface area contributed by atoms with Crippen molar-refractivity contribution in [2.24, 2.45) is 0 Å². The van der Waals surface area contributed by atoms with E-state index < -0.39 is 0 Å². The zero-order valence-electron chi connectivity index (χ0n) is 13.5. The molecule has 4 heteroatoms. The molecule has 1 aliphatic heterocycles. The van der Waals surface area contributed by atoms with Gasteiger partial charge in [0.2, 0.25) is 0 Å². The third-order valence-corrected chi connectivity index (χ3v) is 4.24. The van der Waals surface area contributed by atoms with Gasteiger partial charge in [0.1, 0.15) is 0 Å². The maximum atomic E-state index is 12.7. The predicted molar refractivity (Wildman–Crippen MR) is 93.8 cm³/mol. The van der Waals surface area contributed by atoms with Crippen LogP contribution in [0.15, 0.2) is 54.6 Å². The molecule has 0 aromatic heterocycles. The lowest BCUT2D eigenvalue weighted by Gasteiger charge is -2.27. The first-order valence-electron chi connectivity index (χ1n) is 8.09. The minimum atomic E-state index is 0.0263. The smallest absolute Gasteiger partial charge is 0.258 e. The Morgan fingerprint density at radius 2 is 1.83 bits per heavy atom. The van der Waals surface area contributed by atoms with Crippen LogP contribution in [0.1, 0.15) is 15.9 Å². The summed E-state index contributed by atoms with van der Waals surface area (Å²) in [5.41, 5.74) is 2.84. The van der Waals surface area contributed by atoms with Gasteiger partial charge in [0.15, 0.2) is 0 Å². The molecule has 0 saturated carbocycles. The summed E-state index contributed by atoms with van der Waals surface area (Å²) in [6.07, 6.45) is 0. The molecule has 120 valence electrons. The molecule has 0 atom stereocenters. The first-order chi connectivity index (χ1) is 11.2. The lowest BCUT2D eigenvalue weighted by molar-refractivity contribution is 0.0993. The largest absolute Gasteiger partial charge is 0.314 e. The maximum absolute atomic E-state index is 12.7. The number of nitrogens with one attached hydrogen (secondary N) is 1. The van der Waals surface area contributed by atoms with Crippen molar-refractivity contribution < 1.29 is 4.79 Å². The van der Waals surface area contributed by atoms with E-state index in [2.05, 4.69) is 16.3 Å². The van der Waals surface area contributed by atoms with Gasteiger partial charge in [-0.2, -0.15) is 0 Å². The molecule has 1 aliphatic rings. The molecule has 1 saturated heterocycles. The second kappa shape index (κ2) is 7.40. The Morgan fingerprint density at radius 1 is 1.09 bits per heavy atom. The number of piperazine rings is 1. The topological polar surface area (TPSA) is 35.6 Å². The van der Waals surface area contributed by atoms with Crippen LogP contribution in [0.25, 0.3) is 0 Å². The minimum absolute atomic E-state index is 0.0263. The highest BCUT2D eigenvalue weighted by Crippen LogP contribution is 2.16. The fraction of sp³-hybridized carbons (Fsp3) is 0.316. The lowest BCUT2D eigenvalue weighted by atomic mass is 10.1. The summed E-state index contributed by atoms with van der Waals surface area (Å²) in [6, 6.07) is 17.7. The van der Waals surface area contributed by atoms with Crippen molar-refractivity contribution in [2.75, 3.05) is 38.1 Å². The van der Waals surface area contributed by atoms with Crippen LogP contribution in [-0.4, -0.2) is 44.0 Å². The van der Waals surface area contributed by atoms with Crippen molar-refractivity contribution in [3.05, 3.63) is 65.7 Å². The Labute approximate surface area is 137 Å². The van der Waals surface area contributed by atoms with E-state index in [4.69, 9.17) is 0 Å². The van der Waals surface area contributed by atoms with Crippen molar-refractivity contribution in [1.82, 2.24) is 10.2 Å². The van der Waals surface area contributed by atoms with Gasteiger partial charge in [-0.25, -0.2) is 0 Å². The third kappa shape index (κ3) is 3.97. The van der Waals surface area contributed by atoms with E-state index in [1.54, 1.807) is 4.90 Å². The molecule has 0 radical (unpaired) electrons. The molecular formula is C19H23N3O. The highest BCUT2D eigenvalue weighted by atomic mass is 16.2. The van der Waals surface area contributed by atoms with E-state index in [0.29, 0.717) is 0 Å². The first-order valence-corrected chi connectivity index (χ1v) is 8.09. The maximum Gasteiger partial charge on any atom is 0.258 e. The summed E-state index contributed by atoms with van der Waals surface area (Å²) in [7, 11) is 1.82. The highest BCUT2D eigenvalue weighted by molar-refractivity contribution is 6.05. The van der Waals surface area contributed by atoms with Gasteiger partial charge in [0.05, 0.1) is 0 Å². The average Bonchev–Trinajstić information content (AvgIpc) is 2.62. The Bertz CT molecular complexity index is 651. The molecule has 0 aliphatic carbocycles. The molecule has 3 rings (SSSR count). The Hall–Kier alpha value is -2.17. The standard InChI is InChI=1S/C19H23N3O/c1-21(18-8-3-2-4-9-18)19(23)17-7-5-6-16(14-17)15-22-12-10-20-11-13-22/h2-9,14,20H,10-13,15H2,1H3. The van der Waals surface area contributed by atoms with E-state index >= 15 is 0 Å². The number of benzene rings is 2. The molecule has 1 heterocycles. The fourth-order valence-electron chi connectivity index (χ4n) is 2.89. The summed E-state index contributed by atoms with van der Waals surface area (Å²) in [5, 5.41) is 3.36. The van der Waals surface area contributed by atoms with Gasteiger partial charge in [-0.05, 0) is 29.8 Å². The number of carbonyl (C=O) groups is 1. The van der Waals surface area contributed by atoms with Crippen LogP contribution >= 0.6 is 0 Å². The minimum Gasteiger partial charge on any atom is -0.314 e. The molecule has 1 fully saturated rings. The van der Waals surface area contributed by atoms with E-state index in [0.717, 1.165) is 44.0 Å². The van der Waals surface area contributed by atoms with Crippen molar-refractivity contribution in [3.63, 3.8) is 0 Å². The number of nitrogens with zero attached hydrogens (tertiary/aromatic N) is 2. The van der Waals surface area contributed by atoms with Crippen LogP contribution in [0.2, 0.25) is 0 Å². The summed E-state index contributed by atoms with van der Waals surface area (Å²) in [4.78, 5) is 16.8. The van der Waals surface area contributed by atoms with Crippen LogP contribution in [0.3, 0.4) is 0 Å². The van der Waals surface area contributed by atoms with Gasteiger partial charge >= 0.3 is 0 Å². The Balaban J connectivity index is 1.72. The van der Waals surface area contributed by atoms with Gasteiger partial charge < -0.3 is 10.2 Å². The molecule has 0 bridgehead atoms. The second-order valence-corrected chi connectivity index (χ2v) is 5.93. The number of hydrogen-bond acceptors (Lipinski definition) is 3. The molecule has 23 heavy (non-hydrogen) atoms. The van der Waals surface area contributed by atoms with Crippen molar-refractivity contribution in [2.45, 2.75) is 6.54 Å². The SMILES string of the molecule is CN(C(=O)c1cccc(CN2CCNCC2)c1)c1ccccc1. The number of carbonyl (C=O) groups excluding carboxylic acids is 1. The zero-order chi connectivity index (χ0) is 16.1. The molecule has 0 unspecified atom stereocenters. The predicted octanol–water partition coefficient (Wildman–Crippen LogP) is 2.37. The lowest BCUT2D eigenvalue weighted by Crippen LogP contribution is -2.42. The number of para-hydroxylation sites is 1. The monoisotopic (exact) mass is 309 g/mol. The first kappa shape index (κ1) is 15.7. The van der Waals surface area contributed by atoms with Crippen LogP contribution < -0.4 is 10.2 Å². The molecule has 2 aromatic rings. The summed E-state index contributed by atoms with van der Waals surface area (Å²) in [6.45, 7) is 5.09. The van der Waals surface area contributed by atoms with Gasteiger partial charge in [0, 0.05) is 51.0 Å². The van der Waals surface area contributed by atoms with Crippen LogP contribution in [-0.2, 0) is 6.54 Å². The van der Waals surface area contributed by atoms with Crippen LogP contribution in [0.4, 0.5) is 5.69 Å². The number of rotatable bonds is 4. The van der Waals surface area contributed by atoms with Gasteiger partial charge in [-0.3, -0.25) is 9.69 Å². The van der Waals surface area contributed by atoms with Gasteiger partial charge in [-0.1, -0.05) is 30.3 Å². The highest BCUT2D eigenvalue weighted by Gasteiger charge is 2.15. The number of anilines is 1. The summed E-state index contributed by atoms with van der Waals surface area (Å²) < 4.78 is 0. The normalized spacial score (nSPS) is 15.3. The Morgan fingerprint density at radius 3 is 2.57 bits per heavy atom. The van der Waals surface area contributed by atoms with Crippen LogP contribution in [0.5, 0.6) is 0 Å². The second-order valence-electron chi connectivity index (χ2n) is 5.93. The van der Waals surface area contributed by atoms with Gasteiger partial charge in [0.25, 0.3) is 5.91 Å². The van der Waals surface area contributed by atoms with E-state index in [1.807, 2.05) is 55.6 Å². The molecule has 4 nitrogen and oxygen atoms in total. The summed E-state index contributed by atoms with van der Waals surface area (Å²) >= 11 is 0. The Kier molecular flexibility index (Phi) is 5.05. The number of hydrogen-bond donors (Lipinski definition) is 1.